The van der Waals surface area contributed by atoms with Gasteiger partial charge in [-0.15, -0.1) is 0 Å². The number of rotatable bonds is 5. The van der Waals surface area contributed by atoms with Gasteiger partial charge in [0.2, 0.25) is 0 Å². The van der Waals surface area contributed by atoms with E-state index < -0.39 is 0 Å². The molecule has 9 aromatic carbocycles. The summed E-state index contributed by atoms with van der Waals surface area (Å²) in [4.78, 5) is 10.6. The van der Waals surface area contributed by atoms with Crippen molar-refractivity contribution in [3.05, 3.63) is 217 Å². The lowest BCUT2D eigenvalue weighted by Gasteiger charge is -2.24. The van der Waals surface area contributed by atoms with Gasteiger partial charge in [0.15, 0.2) is 0 Å². The molecule has 1 atom stereocenters. The quantitative estimate of drug-likeness (QED) is 0.176. The van der Waals surface area contributed by atoms with Gasteiger partial charge >= 0.3 is 0 Å². The fraction of sp³-hybridized carbons (Fsp3) is 0.0169. The monoisotopic (exact) mass is 803 g/mol. The van der Waals surface area contributed by atoms with Crippen LogP contribution < -0.4 is 5.32 Å². The largest absolute Gasteiger partial charge is 0.456 e. The van der Waals surface area contributed by atoms with Crippen LogP contribution in [0.3, 0.4) is 0 Å². The standard InChI is InChI=1S/C59H37N3O/c1-3-11-37(12-4-1)49-31-29-40-23-24-41-30-32-50(61-59(41)58(40)60-49)45-28-27-43-33-42(25-26-44(43)34-45)36-19-21-39(22-20-36)57-48-35-53-56(47-16-8-10-18-52(47)63-53)54(38-13-5-2-6-14-38)55(48)46-15-7-9-17-51(46)62-57/h1-35,49,60H. The highest BCUT2D eigenvalue weighted by molar-refractivity contribution is 6.27. The van der Waals surface area contributed by atoms with E-state index in [0.29, 0.717) is 0 Å². The molecular formula is C59H37N3O. The van der Waals surface area contributed by atoms with Gasteiger partial charge in [0.25, 0.3) is 0 Å². The third-order valence-electron chi connectivity index (χ3n) is 12.8. The number of pyridine rings is 2. The Balaban J connectivity index is 0.870. The van der Waals surface area contributed by atoms with E-state index in [4.69, 9.17) is 14.4 Å². The van der Waals surface area contributed by atoms with Crippen molar-refractivity contribution < 1.29 is 4.42 Å². The third-order valence-corrected chi connectivity index (χ3v) is 12.8. The van der Waals surface area contributed by atoms with Gasteiger partial charge in [0.1, 0.15) is 11.2 Å². The first-order valence-electron chi connectivity index (χ1n) is 21.5. The van der Waals surface area contributed by atoms with Crippen molar-refractivity contribution in [1.29, 1.82) is 0 Å². The first kappa shape index (κ1) is 35.4. The minimum atomic E-state index is 0.0962. The van der Waals surface area contributed by atoms with Crippen LogP contribution in [-0.2, 0) is 0 Å². The molecule has 0 spiro atoms. The van der Waals surface area contributed by atoms with Gasteiger partial charge in [-0.1, -0.05) is 176 Å². The predicted octanol–water partition coefficient (Wildman–Crippen LogP) is 15.8. The number of anilines is 1. The number of hydrogen-bond acceptors (Lipinski definition) is 4. The zero-order valence-electron chi connectivity index (χ0n) is 34.1. The molecule has 0 radical (unpaired) electrons. The molecule has 4 heteroatoms. The van der Waals surface area contributed by atoms with E-state index in [1.165, 1.54) is 27.3 Å². The minimum Gasteiger partial charge on any atom is -0.456 e. The van der Waals surface area contributed by atoms with Crippen molar-refractivity contribution in [2.75, 3.05) is 5.32 Å². The van der Waals surface area contributed by atoms with Crippen molar-refractivity contribution >= 4 is 77.1 Å². The number of aromatic nitrogens is 2. The molecule has 13 rings (SSSR count). The topological polar surface area (TPSA) is 51.0 Å². The maximum atomic E-state index is 6.59. The Hall–Kier alpha value is -8.34. The number of nitrogens with zero attached hydrogens (tertiary/aromatic N) is 2. The number of furan rings is 1. The Bertz CT molecular complexity index is 3810. The molecule has 0 saturated carbocycles. The Morgan fingerprint density at radius 3 is 1.95 bits per heavy atom. The van der Waals surface area contributed by atoms with Crippen LogP contribution in [0.2, 0.25) is 0 Å². The van der Waals surface area contributed by atoms with Gasteiger partial charge in [0.05, 0.1) is 34.2 Å². The number of fused-ring (bicyclic) bond motifs is 10. The summed E-state index contributed by atoms with van der Waals surface area (Å²) >= 11 is 0. The first-order chi connectivity index (χ1) is 31.2. The van der Waals surface area contributed by atoms with E-state index in [0.717, 1.165) is 99.6 Å². The fourth-order valence-electron chi connectivity index (χ4n) is 9.75. The van der Waals surface area contributed by atoms with Crippen molar-refractivity contribution in [2.45, 2.75) is 6.04 Å². The van der Waals surface area contributed by atoms with Gasteiger partial charge < -0.3 is 9.73 Å². The summed E-state index contributed by atoms with van der Waals surface area (Å²) in [7, 11) is 0. The summed E-state index contributed by atoms with van der Waals surface area (Å²) < 4.78 is 6.59. The average molecular weight is 804 g/mol. The maximum absolute atomic E-state index is 6.59. The lowest BCUT2D eigenvalue weighted by Crippen LogP contribution is -2.12. The summed E-state index contributed by atoms with van der Waals surface area (Å²) in [5.41, 5.74) is 15.8. The molecule has 4 nitrogen and oxygen atoms in total. The Morgan fingerprint density at radius 2 is 1.11 bits per heavy atom. The van der Waals surface area contributed by atoms with Crippen LogP contribution in [0.15, 0.2) is 211 Å². The van der Waals surface area contributed by atoms with Crippen LogP contribution in [0.25, 0.3) is 116 Å². The maximum Gasteiger partial charge on any atom is 0.136 e. The zero-order valence-corrected chi connectivity index (χ0v) is 34.1. The molecule has 0 aliphatic carbocycles. The van der Waals surface area contributed by atoms with Crippen molar-refractivity contribution in [3.63, 3.8) is 0 Å². The summed E-state index contributed by atoms with van der Waals surface area (Å²) in [6, 6.07) is 71.3. The molecular weight excluding hydrogens is 767 g/mol. The molecule has 1 N–H and O–H groups in total. The number of para-hydroxylation sites is 2. The van der Waals surface area contributed by atoms with Gasteiger partial charge in [-0.25, -0.2) is 9.97 Å². The Morgan fingerprint density at radius 1 is 0.444 bits per heavy atom. The molecule has 0 saturated heterocycles. The van der Waals surface area contributed by atoms with E-state index in [-0.39, 0.29) is 6.04 Å². The van der Waals surface area contributed by atoms with Gasteiger partial charge in [-0.05, 0) is 75.0 Å². The van der Waals surface area contributed by atoms with Crippen LogP contribution in [0.5, 0.6) is 0 Å². The minimum absolute atomic E-state index is 0.0962. The van der Waals surface area contributed by atoms with E-state index in [1.807, 2.05) is 6.07 Å². The third kappa shape index (κ3) is 5.84. The summed E-state index contributed by atoms with van der Waals surface area (Å²) in [5.74, 6) is 0. The van der Waals surface area contributed by atoms with Crippen molar-refractivity contribution in [1.82, 2.24) is 9.97 Å². The fourth-order valence-corrected chi connectivity index (χ4v) is 9.75. The van der Waals surface area contributed by atoms with Crippen molar-refractivity contribution in [2.24, 2.45) is 0 Å². The number of nitrogens with one attached hydrogen (secondary N) is 1. The van der Waals surface area contributed by atoms with Crippen LogP contribution in [-0.4, -0.2) is 9.97 Å². The molecule has 294 valence electrons. The molecule has 4 heterocycles. The van der Waals surface area contributed by atoms with Crippen molar-refractivity contribution in [3.8, 4) is 44.8 Å². The van der Waals surface area contributed by atoms with Crippen LogP contribution >= 0.6 is 0 Å². The van der Waals surface area contributed by atoms with Crippen LogP contribution in [0.4, 0.5) is 5.69 Å². The molecule has 0 bridgehead atoms. The zero-order chi connectivity index (χ0) is 41.4. The summed E-state index contributed by atoms with van der Waals surface area (Å²) in [6.45, 7) is 0. The average Bonchev–Trinajstić information content (AvgIpc) is 3.73. The highest BCUT2D eigenvalue weighted by Gasteiger charge is 2.22. The summed E-state index contributed by atoms with van der Waals surface area (Å²) in [5, 5.41) is 12.9. The van der Waals surface area contributed by atoms with E-state index >= 15 is 0 Å². The smallest absolute Gasteiger partial charge is 0.136 e. The lowest BCUT2D eigenvalue weighted by molar-refractivity contribution is 0.669. The summed E-state index contributed by atoms with van der Waals surface area (Å²) in [6.07, 6.45) is 4.44. The molecule has 0 fully saturated rings. The molecule has 63 heavy (non-hydrogen) atoms. The lowest BCUT2D eigenvalue weighted by atomic mass is 9.89. The second-order valence-corrected chi connectivity index (χ2v) is 16.5. The molecule has 12 aromatic rings. The van der Waals surface area contributed by atoms with E-state index in [2.05, 4.69) is 212 Å². The highest BCUT2D eigenvalue weighted by Crippen LogP contribution is 2.46. The SMILES string of the molecule is C1=CC(c2ccccc2)Nc2c1ccc1ccc(-c3ccc4cc(-c5ccc(-c6nc7ccccc7c7c(-c8ccccc8)c8c(cc67)oc6ccccc68)cc5)ccc4c3)nc21. The van der Waals surface area contributed by atoms with Crippen LogP contribution in [0, 0.1) is 0 Å². The Kier molecular flexibility index (Phi) is 7.94. The van der Waals surface area contributed by atoms with E-state index in [9.17, 15) is 0 Å². The molecule has 1 aliphatic heterocycles. The molecule has 3 aromatic heterocycles. The first-order valence-corrected chi connectivity index (χ1v) is 21.5. The normalized spacial score (nSPS) is 13.6. The van der Waals surface area contributed by atoms with E-state index in [1.54, 1.807) is 0 Å². The second kappa shape index (κ2) is 14.1. The molecule has 1 unspecified atom stereocenters. The van der Waals surface area contributed by atoms with Gasteiger partial charge in [-0.2, -0.15) is 0 Å². The van der Waals surface area contributed by atoms with Gasteiger partial charge in [-0.3, -0.25) is 0 Å². The predicted molar refractivity (Wildman–Crippen MR) is 263 cm³/mol. The molecule has 0 amide bonds. The Labute approximate surface area is 363 Å². The van der Waals surface area contributed by atoms with Crippen LogP contribution in [0.1, 0.15) is 17.2 Å². The number of benzene rings is 9. The second-order valence-electron chi connectivity index (χ2n) is 16.5. The highest BCUT2D eigenvalue weighted by atomic mass is 16.3. The molecule has 1 aliphatic rings. The number of hydrogen-bond donors (Lipinski definition) is 1. The van der Waals surface area contributed by atoms with Gasteiger partial charge in [0, 0.05) is 49.0 Å².